The Kier molecular flexibility index (Phi) is 4.96. The summed E-state index contributed by atoms with van der Waals surface area (Å²) < 4.78 is 0. The quantitative estimate of drug-likeness (QED) is 0.838. The molecule has 3 N–H and O–H groups in total. The van der Waals surface area contributed by atoms with Crippen molar-refractivity contribution in [3.63, 3.8) is 0 Å². The van der Waals surface area contributed by atoms with E-state index < -0.39 is 0 Å². The van der Waals surface area contributed by atoms with Crippen LogP contribution in [0.2, 0.25) is 0 Å². The van der Waals surface area contributed by atoms with Crippen molar-refractivity contribution in [2.75, 3.05) is 19.6 Å². The average molecular weight is 289 g/mol. The number of carbonyl (C=O) groups excluding carboxylic acids is 2. The highest BCUT2D eigenvalue weighted by Crippen LogP contribution is 2.16. The first-order chi connectivity index (χ1) is 10.0. The molecule has 1 aliphatic heterocycles. The zero-order chi connectivity index (χ0) is 15.4. The standard InChI is InChI=1S/C16H23N3O2/c1-3-13-5-4-12(9-14(13)16(17)21)8-11(2)19-7-6-18-15(20)10-19/h4-5,9,11H,3,6-8,10H2,1-2H3,(H2,17,21)(H,18,20). The second-order valence-corrected chi connectivity index (χ2v) is 5.58. The molecule has 5 nitrogen and oxygen atoms in total. The molecule has 1 atom stereocenters. The summed E-state index contributed by atoms with van der Waals surface area (Å²) in [6.45, 7) is 6.12. The lowest BCUT2D eigenvalue weighted by molar-refractivity contribution is -0.124. The summed E-state index contributed by atoms with van der Waals surface area (Å²) in [6, 6.07) is 6.17. The number of carbonyl (C=O) groups is 2. The maximum Gasteiger partial charge on any atom is 0.248 e. The maximum atomic E-state index is 11.5. The molecule has 5 heteroatoms. The maximum absolute atomic E-state index is 11.5. The fraction of sp³-hybridized carbons (Fsp3) is 0.500. The Labute approximate surface area is 125 Å². The number of amides is 2. The molecule has 21 heavy (non-hydrogen) atoms. The molecule has 0 spiro atoms. The predicted octanol–water partition coefficient (Wildman–Crippen LogP) is 0.711. The number of nitrogens with two attached hydrogens (primary N) is 1. The Morgan fingerprint density at radius 1 is 1.48 bits per heavy atom. The molecule has 1 aromatic carbocycles. The van der Waals surface area contributed by atoms with Crippen LogP contribution in [-0.2, 0) is 17.6 Å². The van der Waals surface area contributed by atoms with Crippen molar-refractivity contribution < 1.29 is 9.59 Å². The van der Waals surface area contributed by atoms with Gasteiger partial charge in [0.25, 0.3) is 0 Å². The summed E-state index contributed by atoms with van der Waals surface area (Å²) in [5.74, 6) is -0.300. The van der Waals surface area contributed by atoms with Crippen LogP contribution in [0.25, 0.3) is 0 Å². The van der Waals surface area contributed by atoms with Crippen LogP contribution >= 0.6 is 0 Å². The van der Waals surface area contributed by atoms with Gasteiger partial charge in [0.1, 0.15) is 0 Å². The minimum Gasteiger partial charge on any atom is -0.366 e. The highest BCUT2D eigenvalue weighted by molar-refractivity contribution is 5.94. The van der Waals surface area contributed by atoms with Crippen LogP contribution in [0, 0.1) is 0 Å². The molecule has 0 aromatic heterocycles. The summed E-state index contributed by atoms with van der Waals surface area (Å²) in [5, 5.41) is 2.83. The van der Waals surface area contributed by atoms with Crippen LogP contribution < -0.4 is 11.1 Å². The van der Waals surface area contributed by atoms with E-state index in [1.807, 2.05) is 25.1 Å². The number of aryl methyl sites for hydroxylation is 1. The number of primary amides is 1. The molecule has 1 fully saturated rings. The van der Waals surface area contributed by atoms with Crippen LogP contribution in [0.1, 0.15) is 35.3 Å². The van der Waals surface area contributed by atoms with Crippen LogP contribution in [-0.4, -0.2) is 42.4 Å². The zero-order valence-electron chi connectivity index (χ0n) is 12.7. The van der Waals surface area contributed by atoms with Gasteiger partial charge in [-0.25, -0.2) is 0 Å². The Bertz CT molecular complexity index is 542. The molecular weight excluding hydrogens is 266 g/mol. The van der Waals surface area contributed by atoms with Crippen molar-refractivity contribution >= 4 is 11.8 Å². The number of benzene rings is 1. The lowest BCUT2D eigenvalue weighted by atomic mass is 9.97. The van der Waals surface area contributed by atoms with Crippen LogP contribution in [0.3, 0.4) is 0 Å². The van der Waals surface area contributed by atoms with E-state index in [2.05, 4.69) is 17.1 Å². The van der Waals surface area contributed by atoms with Gasteiger partial charge in [-0.1, -0.05) is 19.1 Å². The van der Waals surface area contributed by atoms with Crippen molar-refractivity contribution in [3.05, 3.63) is 34.9 Å². The van der Waals surface area contributed by atoms with Gasteiger partial charge in [-0.05, 0) is 37.0 Å². The number of nitrogens with one attached hydrogen (secondary N) is 1. The van der Waals surface area contributed by atoms with Gasteiger partial charge in [0, 0.05) is 24.7 Å². The van der Waals surface area contributed by atoms with Gasteiger partial charge in [-0.15, -0.1) is 0 Å². The van der Waals surface area contributed by atoms with E-state index in [1.165, 1.54) is 0 Å². The van der Waals surface area contributed by atoms with E-state index in [0.717, 1.165) is 30.5 Å². The molecule has 0 radical (unpaired) electrons. The topological polar surface area (TPSA) is 75.4 Å². The van der Waals surface area contributed by atoms with Crippen LogP contribution in [0.4, 0.5) is 0 Å². The number of hydrogen-bond donors (Lipinski definition) is 2. The monoisotopic (exact) mass is 289 g/mol. The summed E-state index contributed by atoms with van der Waals surface area (Å²) in [7, 11) is 0. The second kappa shape index (κ2) is 6.72. The fourth-order valence-corrected chi connectivity index (χ4v) is 2.79. The third-order valence-electron chi connectivity index (χ3n) is 4.04. The number of rotatable bonds is 5. The van der Waals surface area contributed by atoms with E-state index in [0.29, 0.717) is 18.7 Å². The largest absolute Gasteiger partial charge is 0.366 e. The zero-order valence-corrected chi connectivity index (χ0v) is 12.7. The molecule has 2 amide bonds. The van der Waals surface area contributed by atoms with E-state index in [1.54, 1.807) is 0 Å². The first kappa shape index (κ1) is 15.5. The van der Waals surface area contributed by atoms with Gasteiger partial charge in [0.05, 0.1) is 6.54 Å². The highest BCUT2D eigenvalue weighted by Gasteiger charge is 2.21. The van der Waals surface area contributed by atoms with Gasteiger partial charge in [-0.2, -0.15) is 0 Å². The van der Waals surface area contributed by atoms with Gasteiger partial charge < -0.3 is 11.1 Å². The lowest BCUT2D eigenvalue weighted by Gasteiger charge is -2.32. The normalized spacial score (nSPS) is 17.3. The van der Waals surface area contributed by atoms with Crippen molar-refractivity contribution in [1.82, 2.24) is 10.2 Å². The molecule has 1 aromatic rings. The molecule has 0 bridgehead atoms. The average Bonchev–Trinajstić information content (AvgIpc) is 2.47. The van der Waals surface area contributed by atoms with Gasteiger partial charge in [0.2, 0.25) is 11.8 Å². The Morgan fingerprint density at radius 2 is 2.24 bits per heavy atom. The molecule has 1 aliphatic rings. The van der Waals surface area contributed by atoms with Gasteiger partial charge >= 0.3 is 0 Å². The minimum absolute atomic E-state index is 0.0762. The number of piperazine rings is 1. The molecule has 0 saturated carbocycles. The van der Waals surface area contributed by atoms with E-state index in [-0.39, 0.29) is 17.9 Å². The van der Waals surface area contributed by atoms with Crippen molar-refractivity contribution in [2.45, 2.75) is 32.7 Å². The number of hydrogen-bond acceptors (Lipinski definition) is 3. The Balaban J connectivity index is 2.10. The highest BCUT2D eigenvalue weighted by atomic mass is 16.2. The van der Waals surface area contributed by atoms with Gasteiger partial charge in [0.15, 0.2) is 0 Å². The minimum atomic E-state index is -0.376. The summed E-state index contributed by atoms with van der Waals surface area (Å²) >= 11 is 0. The van der Waals surface area contributed by atoms with Crippen LogP contribution in [0.5, 0.6) is 0 Å². The number of nitrogens with zero attached hydrogens (tertiary/aromatic N) is 1. The summed E-state index contributed by atoms with van der Waals surface area (Å²) in [6.07, 6.45) is 1.60. The molecule has 1 heterocycles. The molecular formula is C16H23N3O2. The molecule has 1 saturated heterocycles. The first-order valence-electron chi connectivity index (χ1n) is 7.43. The third-order valence-corrected chi connectivity index (χ3v) is 4.04. The fourth-order valence-electron chi connectivity index (χ4n) is 2.79. The molecule has 2 rings (SSSR count). The van der Waals surface area contributed by atoms with E-state index in [4.69, 9.17) is 5.73 Å². The molecule has 1 unspecified atom stereocenters. The second-order valence-electron chi connectivity index (χ2n) is 5.58. The lowest BCUT2D eigenvalue weighted by Crippen LogP contribution is -2.51. The van der Waals surface area contributed by atoms with E-state index in [9.17, 15) is 9.59 Å². The molecule has 114 valence electrons. The first-order valence-corrected chi connectivity index (χ1v) is 7.43. The smallest absolute Gasteiger partial charge is 0.248 e. The van der Waals surface area contributed by atoms with Crippen molar-refractivity contribution in [2.24, 2.45) is 5.73 Å². The third kappa shape index (κ3) is 3.82. The van der Waals surface area contributed by atoms with Crippen molar-refractivity contribution in [3.8, 4) is 0 Å². The van der Waals surface area contributed by atoms with Crippen molar-refractivity contribution in [1.29, 1.82) is 0 Å². The summed E-state index contributed by atoms with van der Waals surface area (Å²) in [5.41, 5.74) is 8.12. The Morgan fingerprint density at radius 3 is 2.86 bits per heavy atom. The van der Waals surface area contributed by atoms with Gasteiger partial charge in [-0.3, -0.25) is 14.5 Å². The predicted molar refractivity (Wildman–Crippen MR) is 82.1 cm³/mol. The summed E-state index contributed by atoms with van der Waals surface area (Å²) in [4.78, 5) is 25.1. The van der Waals surface area contributed by atoms with Crippen LogP contribution in [0.15, 0.2) is 18.2 Å². The SMILES string of the molecule is CCc1ccc(CC(C)N2CCNC(=O)C2)cc1C(N)=O. The molecule has 0 aliphatic carbocycles. The Hall–Kier alpha value is -1.88. The van der Waals surface area contributed by atoms with E-state index >= 15 is 0 Å².